The fourth-order valence-corrected chi connectivity index (χ4v) is 2.06. The van der Waals surface area contributed by atoms with Crippen LogP contribution in [0.4, 0.5) is 0 Å². The Labute approximate surface area is 124 Å². The van der Waals surface area contributed by atoms with Gasteiger partial charge in [-0.15, -0.1) is 0 Å². The lowest BCUT2D eigenvalue weighted by Crippen LogP contribution is -2.33. The zero-order valence-electron chi connectivity index (χ0n) is 11.6. The maximum absolute atomic E-state index is 11.7. The van der Waals surface area contributed by atoms with Crippen LogP contribution in [0.2, 0.25) is 5.02 Å². The van der Waals surface area contributed by atoms with Crippen LogP contribution in [0.5, 0.6) is 0 Å². The summed E-state index contributed by atoms with van der Waals surface area (Å²) in [6.45, 7) is 1.95. The number of carboxylic acids is 1. The second-order valence-electron chi connectivity index (χ2n) is 4.90. The topological polar surface area (TPSA) is 66.4 Å². The van der Waals surface area contributed by atoms with Crippen molar-refractivity contribution in [2.75, 3.05) is 0 Å². The average molecular weight is 298 g/mol. The zero-order valence-corrected chi connectivity index (χ0v) is 12.3. The van der Waals surface area contributed by atoms with Gasteiger partial charge in [0.1, 0.15) is 0 Å². The van der Waals surface area contributed by atoms with E-state index in [9.17, 15) is 9.59 Å². The van der Waals surface area contributed by atoms with E-state index < -0.39 is 5.97 Å². The summed E-state index contributed by atoms with van der Waals surface area (Å²) in [4.78, 5) is 22.0. The first kappa shape index (κ1) is 16.5. The van der Waals surface area contributed by atoms with Crippen LogP contribution in [0.15, 0.2) is 24.3 Å². The summed E-state index contributed by atoms with van der Waals surface area (Å²) in [5.41, 5.74) is 1.12. The highest BCUT2D eigenvalue weighted by Crippen LogP contribution is 2.11. The molecular weight excluding hydrogens is 278 g/mol. The van der Waals surface area contributed by atoms with Crippen molar-refractivity contribution in [1.29, 1.82) is 0 Å². The van der Waals surface area contributed by atoms with Gasteiger partial charge in [-0.2, -0.15) is 0 Å². The third-order valence-corrected chi connectivity index (χ3v) is 3.16. The fraction of sp³-hybridized carbons (Fsp3) is 0.467. The smallest absolute Gasteiger partial charge is 0.303 e. The average Bonchev–Trinajstić information content (AvgIpc) is 2.37. The number of unbranched alkanes of at least 4 members (excludes halogenated alkanes) is 1. The van der Waals surface area contributed by atoms with Crippen molar-refractivity contribution in [2.45, 2.75) is 45.1 Å². The summed E-state index contributed by atoms with van der Waals surface area (Å²) in [6, 6.07) is 7.59. The minimum Gasteiger partial charge on any atom is -0.481 e. The Morgan fingerprint density at radius 2 is 1.80 bits per heavy atom. The first-order chi connectivity index (χ1) is 9.47. The maximum atomic E-state index is 11.7. The Morgan fingerprint density at radius 1 is 1.20 bits per heavy atom. The number of carbonyl (C=O) groups excluding carboxylic acids is 1. The lowest BCUT2D eigenvalue weighted by Gasteiger charge is -2.14. The Balaban J connectivity index is 2.24. The predicted octanol–water partition coefficient (Wildman–Crippen LogP) is 3.03. The van der Waals surface area contributed by atoms with Crippen LogP contribution in [0.25, 0.3) is 0 Å². The van der Waals surface area contributed by atoms with Crippen LogP contribution in [-0.2, 0) is 16.0 Å². The molecule has 0 bridgehead atoms. The van der Waals surface area contributed by atoms with E-state index in [1.165, 1.54) is 0 Å². The van der Waals surface area contributed by atoms with Crippen molar-refractivity contribution in [3.8, 4) is 0 Å². The molecule has 1 aromatic rings. The molecule has 0 spiro atoms. The second kappa shape index (κ2) is 8.59. The van der Waals surface area contributed by atoms with Gasteiger partial charge >= 0.3 is 5.97 Å². The Hall–Kier alpha value is -1.55. The molecule has 1 aromatic carbocycles. The molecule has 110 valence electrons. The number of nitrogens with one attached hydrogen (secondary N) is 1. The molecule has 5 heteroatoms. The predicted molar refractivity (Wildman–Crippen MR) is 78.9 cm³/mol. The Bertz CT molecular complexity index is 445. The van der Waals surface area contributed by atoms with Crippen LogP contribution >= 0.6 is 11.6 Å². The van der Waals surface area contributed by atoms with Gasteiger partial charge in [-0.05, 0) is 43.9 Å². The summed E-state index contributed by atoms with van der Waals surface area (Å²) >= 11 is 5.81. The molecule has 0 saturated heterocycles. The third kappa shape index (κ3) is 7.14. The van der Waals surface area contributed by atoms with Gasteiger partial charge in [0.15, 0.2) is 0 Å². The molecule has 0 heterocycles. The highest BCUT2D eigenvalue weighted by Gasteiger charge is 2.08. The van der Waals surface area contributed by atoms with Gasteiger partial charge in [-0.3, -0.25) is 9.59 Å². The highest BCUT2D eigenvalue weighted by atomic mass is 35.5. The van der Waals surface area contributed by atoms with E-state index in [1.54, 1.807) is 0 Å². The molecule has 0 radical (unpaired) electrons. The molecule has 0 aliphatic rings. The summed E-state index contributed by atoms with van der Waals surface area (Å²) in [5, 5.41) is 12.1. The quantitative estimate of drug-likeness (QED) is 0.725. The summed E-state index contributed by atoms with van der Waals surface area (Å²) < 4.78 is 0. The van der Waals surface area contributed by atoms with E-state index in [-0.39, 0.29) is 18.4 Å². The number of aliphatic carboxylic acids is 1. The van der Waals surface area contributed by atoms with Gasteiger partial charge in [0.2, 0.25) is 5.91 Å². The number of benzene rings is 1. The molecule has 1 atom stereocenters. The zero-order chi connectivity index (χ0) is 15.0. The van der Waals surface area contributed by atoms with Crippen LogP contribution in [-0.4, -0.2) is 23.0 Å². The van der Waals surface area contributed by atoms with Crippen LogP contribution in [0, 0.1) is 0 Å². The van der Waals surface area contributed by atoms with Crippen molar-refractivity contribution in [2.24, 2.45) is 0 Å². The highest BCUT2D eigenvalue weighted by molar-refractivity contribution is 6.30. The van der Waals surface area contributed by atoms with Crippen LogP contribution in [0.3, 0.4) is 0 Å². The number of amides is 1. The number of hydrogen-bond acceptors (Lipinski definition) is 2. The van der Waals surface area contributed by atoms with Gasteiger partial charge < -0.3 is 10.4 Å². The van der Waals surface area contributed by atoms with Crippen LogP contribution in [0.1, 0.15) is 38.2 Å². The normalized spacial score (nSPS) is 11.9. The molecule has 4 nitrogen and oxygen atoms in total. The standard InChI is InChI=1S/C15H20ClNO3/c1-11(10-12-6-8-13(16)9-7-12)17-14(18)4-2-3-5-15(19)20/h6-9,11H,2-5,10H2,1H3,(H,17,18)(H,19,20). The molecule has 0 aromatic heterocycles. The molecule has 1 rings (SSSR count). The molecule has 1 amide bonds. The molecular formula is C15H20ClNO3. The van der Waals surface area contributed by atoms with Gasteiger partial charge in [-0.1, -0.05) is 23.7 Å². The number of halogens is 1. The molecule has 0 aliphatic carbocycles. The third-order valence-electron chi connectivity index (χ3n) is 2.91. The van der Waals surface area contributed by atoms with Gasteiger partial charge in [-0.25, -0.2) is 0 Å². The minimum absolute atomic E-state index is 0.0307. The number of rotatable bonds is 8. The summed E-state index contributed by atoms with van der Waals surface area (Å²) in [7, 11) is 0. The second-order valence-corrected chi connectivity index (χ2v) is 5.34. The van der Waals surface area contributed by atoms with Gasteiger partial charge in [0.05, 0.1) is 0 Å². The monoisotopic (exact) mass is 297 g/mol. The molecule has 20 heavy (non-hydrogen) atoms. The SMILES string of the molecule is CC(Cc1ccc(Cl)cc1)NC(=O)CCCCC(=O)O. The molecule has 2 N–H and O–H groups in total. The fourth-order valence-electron chi connectivity index (χ4n) is 1.93. The first-order valence-corrected chi connectivity index (χ1v) is 7.11. The van der Waals surface area contributed by atoms with E-state index in [0.717, 1.165) is 12.0 Å². The number of carboxylic acid groups (broad SMARTS) is 1. The van der Waals surface area contributed by atoms with Crippen LogP contribution < -0.4 is 5.32 Å². The van der Waals surface area contributed by atoms with E-state index in [1.807, 2.05) is 31.2 Å². The van der Waals surface area contributed by atoms with Crippen molar-refractivity contribution < 1.29 is 14.7 Å². The first-order valence-electron chi connectivity index (χ1n) is 6.73. The minimum atomic E-state index is -0.818. The van der Waals surface area contributed by atoms with Crippen molar-refractivity contribution in [1.82, 2.24) is 5.32 Å². The van der Waals surface area contributed by atoms with Crippen molar-refractivity contribution in [3.63, 3.8) is 0 Å². The van der Waals surface area contributed by atoms with Gasteiger partial charge in [0.25, 0.3) is 0 Å². The van der Waals surface area contributed by atoms with E-state index in [2.05, 4.69) is 5.32 Å². The van der Waals surface area contributed by atoms with E-state index >= 15 is 0 Å². The Morgan fingerprint density at radius 3 is 2.40 bits per heavy atom. The summed E-state index contributed by atoms with van der Waals surface area (Å²) in [5.74, 6) is -0.849. The molecule has 0 fully saturated rings. The number of carbonyl (C=O) groups is 2. The Kier molecular flexibility index (Phi) is 7.09. The van der Waals surface area contributed by atoms with Gasteiger partial charge in [0, 0.05) is 23.9 Å². The number of hydrogen-bond donors (Lipinski definition) is 2. The molecule has 0 aliphatic heterocycles. The van der Waals surface area contributed by atoms with Crippen molar-refractivity contribution in [3.05, 3.63) is 34.9 Å². The van der Waals surface area contributed by atoms with Crippen molar-refractivity contribution >= 4 is 23.5 Å². The van der Waals surface area contributed by atoms with E-state index in [0.29, 0.717) is 24.3 Å². The molecule has 1 unspecified atom stereocenters. The largest absolute Gasteiger partial charge is 0.481 e. The lowest BCUT2D eigenvalue weighted by atomic mass is 10.1. The van der Waals surface area contributed by atoms with E-state index in [4.69, 9.17) is 16.7 Å². The maximum Gasteiger partial charge on any atom is 0.303 e. The molecule has 0 saturated carbocycles. The lowest BCUT2D eigenvalue weighted by molar-refractivity contribution is -0.137. The summed E-state index contributed by atoms with van der Waals surface area (Å²) in [6.07, 6.45) is 2.38.